The fourth-order valence-corrected chi connectivity index (χ4v) is 2.89. The smallest absolute Gasteiger partial charge is 0.264 e. The Morgan fingerprint density at radius 1 is 1.45 bits per heavy atom. The average molecular weight is 315 g/mol. The summed E-state index contributed by atoms with van der Waals surface area (Å²) in [6.45, 7) is 0.809. The van der Waals surface area contributed by atoms with Gasteiger partial charge in [0.05, 0.1) is 24.4 Å². The molecule has 1 aromatic heterocycles. The van der Waals surface area contributed by atoms with Crippen LogP contribution in [0.3, 0.4) is 0 Å². The predicted octanol–water partition coefficient (Wildman–Crippen LogP) is 1.61. The monoisotopic (exact) mass is 314 g/mol. The lowest BCUT2D eigenvalue weighted by Crippen LogP contribution is -2.51. The van der Waals surface area contributed by atoms with Crippen LogP contribution in [0.15, 0.2) is 18.2 Å². The number of nitrogens with one attached hydrogen (secondary N) is 1. The molecule has 0 aliphatic rings. The minimum atomic E-state index is -1.09. The lowest BCUT2D eigenvalue weighted by atomic mass is 10.1. The second-order valence-electron chi connectivity index (χ2n) is 4.82. The molecule has 0 saturated heterocycles. The van der Waals surface area contributed by atoms with Crippen molar-refractivity contribution < 1.29 is 15.0 Å². The van der Waals surface area contributed by atoms with E-state index in [2.05, 4.69) is 5.32 Å². The van der Waals surface area contributed by atoms with E-state index in [1.165, 1.54) is 11.3 Å². The lowest BCUT2D eigenvalue weighted by molar-refractivity contribution is 0.0728. The summed E-state index contributed by atoms with van der Waals surface area (Å²) >= 11 is 7.16. The first-order chi connectivity index (χ1) is 9.40. The summed E-state index contributed by atoms with van der Waals surface area (Å²) in [5.74, 6) is -0.426. The second kappa shape index (κ2) is 5.57. The number of thiophene rings is 1. The summed E-state index contributed by atoms with van der Waals surface area (Å²) in [6.07, 6.45) is 0. The molecule has 0 saturated carbocycles. The molecule has 1 amide bonds. The van der Waals surface area contributed by atoms with E-state index in [4.69, 9.17) is 17.3 Å². The number of aliphatic hydroxyl groups is 2. The van der Waals surface area contributed by atoms with E-state index in [9.17, 15) is 15.0 Å². The van der Waals surface area contributed by atoms with Crippen LogP contribution >= 0.6 is 22.9 Å². The first-order valence-corrected chi connectivity index (χ1v) is 7.11. The van der Waals surface area contributed by atoms with Gasteiger partial charge in [0.2, 0.25) is 0 Å². The minimum Gasteiger partial charge on any atom is -0.397 e. The highest BCUT2D eigenvalue weighted by atomic mass is 35.5. The van der Waals surface area contributed by atoms with Crippen molar-refractivity contribution in [1.29, 1.82) is 0 Å². The molecule has 0 aliphatic heterocycles. The zero-order valence-corrected chi connectivity index (χ0v) is 12.4. The van der Waals surface area contributed by atoms with E-state index in [0.717, 1.165) is 10.1 Å². The number of benzene rings is 1. The van der Waals surface area contributed by atoms with Gasteiger partial charge in [0.1, 0.15) is 4.88 Å². The lowest BCUT2D eigenvalue weighted by Gasteiger charge is -2.25. The molecule has 0 radical (unpaired) electrons. The van der Waals surface area contributed by atoms with E-state index in [1.54, 1.807) is 25.1 Å². The highest BCUT2D eigenvalue weighted by molar-refractivity contribution is 7.21. The van der Waals surface area contributed by atoms with Gasteiger partial charge in [-0.2, -0.15) is 0 Å². The van der Waals surface area contributed by atoms with Crippen molar-refractivity contribution in [1.82, 2.24) is 5.32 Å². The van der Waals surface area contributed by atoms with E-state index in [1.807, 2.05) is 0 Å². The molecular weight excluding hydrogens is 300 g/mol. The van der Waals surface area contributed by atoms with Gasteiger partial charge in [0.15, 0.2) is 0 Å². The summed E-state index contributed by atoms with van der Waals surface area (Å²) in [5, 5.41) is 22.3. The molecule has 0 atom stereocenters. The highest BCUT2D eigenvalue weighted by Crippen LogP contribution is 2.35. The standard InChI is InChI=1S/C13H15ClN2O3S/c1-13(5-17,6-18)16-12(19)11-10(15)8-4-7(14)2-3-9(8)20-11/h2-4,17-18H,5-6,15H2,1H3,(H,16,19). The van der Waals surface area contributed by atoms with E-state index >= 15 is 0 Å². The molecule has 0 aliphatic carbocycles. The summed E-state index contributed by atoms with van der Waals surface area (Å²) < 4.78 is 0.853. The second-order valence-corrected chi connectivity index (χ2v) is 6.30. The van der Waals surface area contributed by atoms with Crippen LogP contribution < -0.4 is 11.1 Å². The number of halogens is 1. The average Bonchev–Trinajstić information content (AvgIpc) is 2.76. The minimum absolute atomic E-state index is 0.343. The maximum Gasteiger partial charge on any atom is 0.264 e. The van der Waals surface area contributed by atoms with E-state index in [-0.39, 0.29) is 13.2 Å². The van der Waals surface area contributed by atoms with Crippen molar-refractivity contribution in [3.05, 3.63) is 28.1 Å². The molecule has 1 heterocycles. The first-order valence-electron chi connectivity index (χ1n) is 5.92. The van der Waals surface area contributed by atoms with Crippen molar-refractivity contribution in [2.24, 2.45) is 0 Å². The van der Waals surface area contributed by atoms with Gasteiger partial charge >= 0.3 is 0 Å². The molecule has 0 fully saturated rings. The Morgan fingerprint density at radius 3 is 2.70 bits per heavy atom. The quantitative estimate of drug-likeness (QED) is 0.689. The van der Waals surface area contributed by atoms with Crippen LogP contribution in [0.4, 0.5) is 5.69 Å². The Kier molecular flexibility index (Phi) is 4.19. The largest absolute Gasteiger partial charge is 0.397 e. The van der Waals surface area contributed by atoms with Crippen molar-refractivity contribution in [3.63, 3.8) is 0 Å². The third kappa shape index (κ3) is 2.73. The molecule has 0 unspecified atom stereocenters. The number of nitrogens with two attached hydrogens (primary N) is 1. The molecule has 0 spiro atoms. The van der Waals surface area contributed by atoms with E-state index < -0.39 is 11.4 Å². The fourth-order valence-electron chi connectivity index (χ4n) is 1.72. The van der Waals surface area contributed by atoms with Gasteiger partial charge < -0.3 is 21.3 Å². The number of hydrogen-bond donors (Lipinski definition) is 4. The molecular formula is C13H15ClN2O3S. The van der Waals surface area contributed by atoms with Crippen molar-refractivity contribution in [2.75, 3.05) is 18.9 Å². The number of carbonyl (C=O) groups is 1. The van der Waals surface area contributed by atoms with Crippen molar-refractivity contribution in [2.45, 2.75) is 12.5 Å². The Morgan fingerprint density at radius 2 is 2.10 bits per heavy atom. The molecule has 5 N–H and O–H groups in total. The molecule has 1 aromatic carbocycles. The Hall–Kier alpha value is -1.34. The molecule has 5 nitrogen and oxygen atoms in total. The van der Waals surface area contributed by atoms with Gasteiger partial charge in [-0.25, -0.2) is 0 Å². The molecule has 0 bridgehead atoms. The van der Waals surface area contributed by atoms with Crippen LogP contribution in [-0.2, 0) is 0 Å². The third-order valence-corrected chi connectivity index (χ3v) is 4.43. The van der Waals surface area contributed by atoms with Crippen molar-refractivity contribution >= 4 is 44.6 Å². The Bertz CT molecular complexity index is 652. The normalized spacial score (nSPS) is 11.8. The number of anilines is 1. The predicted molar refractivity (Wildman–Crippen MR) is 81.3 cm³/mol. The highest BCUT2D eigenvalue weighted by Gasteiger charge is 2.27. The SMILES string of the molecule is CC(CO)(CO)NC(=O)c1sc2ccc(Cl)cc2c1N. The molecule has 108 valence electrons. The molecule has 2 aromatic rings. The van der Waals surface area contributed by atoms with Gasteiger partial charge in [0, 0.05) is 15.1 Å². The van der Waals surface area contributed by atoms with Gasteiger partial charge in [-0.05, 0) is 25.1 Å². The maximum atomic E-state index is 12.2. The Labute approximate surface area is 125 Å². The molecule has 2 rings (SSSR count). The zero-order valence-electron chi connectivity index (χ0n) is 10.8. The number of fused-ring (bicyclic) bond motifs is 1. The molecule has 7 heteroatoms. The summed E-state index contributed by atoms with van der Waals surface area (Å²) in [6, 6.07) is 5.23. The summed E-state index contributed by atoms with van der Waals surface area (Å²) in [4.78, 5) is 12.6. The number of hydrogen-bond acceptors (Lipinski definition) is 5. The van der Waals surface area contributed by atoms with Gasteiger partial charge in [0.25, 0.3) is 5.91 Å². The first kappa shape index (κ1) is 15.1. The van der Waals surface area contributed by atoms with Gasteiger partial charge in [-0.1, -0.05) is 11.6 Å². The molecule has 20 heavy (non-hydrogen) atoms. The van der Waals surface area contributed by atoms with Gasteiger partial charge in [-0.3, -0.25) is 4.79 Å². The number of carbonyl (C=O) groups excluding carboxylic acids is 1. The van der Waals surface area contributed by atoms with Gasteiger partial charge in [-0.15, -0.1) is 11.3 Å². The van der Waals surface area contributed by atoms with Crippen LogP contribution in [0.5, 0.6) is 0 Å². The number of amides is 1. The van der Waals surface area contributed by atoms with Crippen LogP contribution in [0.2, 0.25) is 5.02 Å². The number of rotatable bonds is 4. The topological polar surface area (TPSA) is 95.6 Å². The fraction of sp³-hybridized carbons (Fsp3) is 0.308. The van der Waals surface area contributed by atoms with Crippen molar-refractivity contribution in [3.8, 4) is 0 Å². The van der Waals surface area contributed by atoms with E-state index in [0.29, 0.717) is 15.6 Å². The zero-order chi connectivity index (χ0) is 14.9. The van der Waals surface area contributed by atoms with Crippen LogP contribution in [0.1, 0.15) is 16.6 Å². The summed E-state index contributed by atoms with van der Waals surface area (Å²) in [5.41, 5.74) is 5.24. The maximum absolute atomic E-state index is 12.2. The third-order valence-electron chi connectivity index (χ3n) is 3.01. The number of nitrogen functional groups attached to an aromatic ring is 1. The van der Waals surface area contributed by atoms with Crippen LogP contribution in [0, 0.1) is 0 Å². The van der Waals surface area contributed by atoms with Crippen LogP contribution in [0.25, 0.3) is 10.1 Å². The number of aliphatic hydroxyl groups excluding tert-OH is 2. The Balaban J connectivity index is 2.38. The van der Waals surface area contributed by atoms with Crippen LogP contribution in [-0.4, -0.2) is 34.9 Å². The summed E-state index contributed by atoms with van der Waals surface area (Å²) in [7, 11) is 0.